The number of aromatic nitrogens is 4. The quantitative estimate of drug-likeness (QED) is 0.163. The Hall–Kier alpha value is -9.08. The molecule has 0 N–H and O–H groups in total. The predicted molar refractivity (Wildman–Crippen MR) is 245 cm³/mol. The van der Waals surface area contributed by atoms with E-state index < -0.39 is 0 Å². The summed E-state index contributed by atoms with van der Waals surface area (Å²) in [5.74, 6) is 0. The molecule has 4 aromatic heterocycles. The van der Waals surface area contributed by atoms with Gasteiger partial charge in [0.25, 0.3) is 0 Å². The summed E-state index contributed by atoms with van der Waals surface area (Å²) in [5, 5.41) is 46.9. The lowest BCUT2D eigenvalue weighted by molar-refractivity contribution is 1.18. The van der Waals surface area contributed by atoms with E-state index in [0.29, 0.717) is 22.3 Å². The Kier molecular flexibility index (Phi) is 8.00. The third kappa shape index (κ3) is 5.43. The predicted octanol–water partition coefficient (Wildman–Crippen LogP) is 12.4. The Morgan fingerprint density at radius 2 is 0.694 bits per heavy atom. The zero-order valence-electron chi connectivity index (χ0n) is 33.4. The van der Waals surface area contributed by atoms with Gasteiger partial charge in [0.05, 0.1) is 80.0 Å². The third-order valence-corrected chi connectivity index (χ3v) is 12.0. The van der Waals surface area contributed by atoms with Gasteiger partial charge in [-0.15, -0.1) is 0 Å². The van der Waals surface area contributed by atoms with E-state index in [1.807, 2.05) is 99.0 Å². The van der Waals surface area contributed by atoms with Crippen LogP contribution in [0.3, 0.4) is 0 Å². The fourth-order valence-corrected chi connectivity index (χ4v) is 9.15. The zero-order chi connectivity index (χ0) is 42.2. The van der Waals surface area contributed by atoms with Gasteiger partial charge < -0.3 is 9.13 Å². The van der Waals surface area contributed by atoms with E-state index in [0.717, 1.165) is 110 Å². The summed E-state index contributed by atoms with van der Waals surface area (Å²) in [6, 6.07) is 53.3. The summed E-state index contributed by atoms with van der Waals surface area (Å²) in [5.41, 5.74) is 13.4. The highest BCUT2D eigenvalue weighted by Crippen LogP contribution is 2.46. The first-order valence-electron chi connectivity index (χ1n) is 20.0. The molecule has 0 saturated carbocycles. The van der Waals surface area contributed by atoms with Crippen molar-refractivity contribution in [3.63, 3.8) is 0 Å². The van der Waals surface area contributed by atoms with Crippen LogP contribution in [0.1, 0.15) is 33.4 Å². The molecule has 286 valence electrons. The van der Waals surface area contributed by atoms with Gasteiger partial charge in [-0.3, -0.25) is 9.97 Å². The monoisotopic (exact) mass is 790 g/mol. The lowest BCUT2D eigenvalue weighted by Gasteiger charge is -2.20. The van der Waals surface area contributed by atoms with Gasteiger partial charge in [-0.05, 0) is 156 Å². The number of fused-ring (bicyclic) bond motifs is 8. The Morgan fingerprint density at radius 3 is 0.984 bits per heavy atom. The van der Waals surface area contributed by atoms with Gasteiger partial charge >= 0.3 is 0 Å². The molecule has 0 unspecified atom stereocenters. The first-order valence-corrected chi connectivity index (χ1v) is 20.0. The van der Waals surface area contributed by atoms with Crippen molar-refractivity contribution in [2.45, 2.75) is 13.8 Å². The first-order chi connectivity index (χ1) is 30.3. The number of hydrogen-bond donors (Lipinski definition) is 0. The summed E-state index contributed by atoms with van der Waals surface area (Å²) in [7, 11) is 0. The molecule has 0 radical (unpaired) electrons. The van der Waals surface area contributed by atoms with E-state index in [-0.39, 0.29) is 0 Å². The van der Waals surface area contributed by atoms with Crippen LogP contribution >= 0.6 is 0 Å². The number of nitriles is 4. The van der Waals surface area contributed by atoms with Crippen molar-refractivity contribution in [1.29, 1.82) is 21.0 Å². The SMILES string of the molecule is Cc1ccc(-c2c3ccc(-n4c5ccc(C#N)cc5c5cc(C#N)ccc54)cc3c(-c3ccc(C)cn3)c3ccc(-n4c5ccc(C#N)cc5c5cc(C#N)ccc54)cc23)nc1. The number of pyridine rings is 2. The second kappa shape index (κ2) is 13.8. The molecule has 8 heteroatoms. The number of aryl methyl sites for hydroxylation is 2. The third-order valence-electron chi connectivity index (χ3n) is 12.0. The summed E-state index contributed by atoms with van der Waals surface area (Å²) in [4.78, 5) is 10.1. The van der Waals surface area contributed by atoms with E-state index >= 15 is 0 Å². The van der Waals surface area contributed by atoms with E-state index in [9.17, 15) is 21.0 Å². The van der Waals surface area contributed by atoms with Gasteiger partial charge in [-0.1, -0.05) is 24.3 Å². The van der Waals surface area contributed by atoms with E-state index in [2.05, 4.69) is 94.1 Å². The highest BCUT2D eigenvalue weighted by molar-refractivity contribution is 6.22. The lowest BCUT2D eigenvalue weighted by atomic mass is 9.88. The van der Waals surface area contributed by atoms with Crippen LogP contribution in [-0.4, -0.2) is 19.1 Å². The van der Waals surface area contributed by atoms with Crippen LogP contribution in [0.5, 0.6) is 0 Å². The molecule has 0 aliphatic heterocycles. The Bertz CT molecular complexity index is 3510. The van der Waals surface area contributed by atoms with Crippen molar-refractivity contribution in [2.24, 2.45) is 0 Å². The molecule has 62 heavy (non-hydrogen) atoms. The fraction of sp³-hybridized carbons (Fsp3) is 0.0370. The van der Waals surface area contributed by atoms with Gasteiger partial charge in [0.1, 0.15) is 0 Å². The molecule has 0 amide bonds. The molecule has 7 aromatic carbocycles. The van der Waals surface area contributed by atoms with Crippen LogP contribution in [0.25, 0.3) is 99.0 Å². The Morgan fingerprint density at radius 1 is 0.355 bits per heavy atom. The van der Waals surface area contributed by atoms with Gasteiger partial charge in [0.15, 0.2) is 0 Å². The number of nitrogens with zero attached hydrogens (tertiary/aromatic N) is 8. The van der Waals surface area contributed by atoms with Crippen LogP contribution in [0.2, 0.25) is 0 Å². The Labute approximate surface area is 355 Å². The molecule has 0 atom stereocenters. The topological polar surface area (TPSA) is 131 Å². The number of hydrogen-bond acceptors (Lipinski definition) is 6. The maximum atomic E-state index is 9.85. The number of rotatable bonds is 4. The molecule has 0 fully saturated rings. The standard InChI is InChI=1S/C54H30N8/c1-31-3-13-47(59-29-31)53-39-11-9-38(62-51-17-7-35(27-57)21-43(51)44-22-36(28-58)8-18-52(44)62)24-46(39)54(48-14-4-32(2)30-60-48)40-12-10-37(23-45(40)53)61-49-15-5-33(25-55)19-41(49)42-20-34(26-56)6-16-50(42)61/h3-24,29-30H,1-2H3. The van der Waals surface area contributed by atoms with Crippen molar-refractivity contribution < 1.29 is 0 Å². The van der Waals surface area contributed by atoms with Crippen LogP contribution < -0.4 is 0 Å². The maximum Gasteiger partial charge on any atom is 0.0991 e. The minimum atomic E-state index is 0.547. The largest absolute Gasteiger partial charge is 0.309 e. The molecule has 0 aliphatic rings. The van der Waals surface area contributed by atoms with Crippen LogP contribution in [0, 0.1) is 59.2 Å². The summed E-state index contributed by atoms with van der Waals surface area (Å²) in [6.07, 6.45) is 3.80. The molecule has 0 saturated heterocycles. The van der Waals surface area contributed by atoms with Crippen molar-refractivity contribution in [3.05, 3.63) is 179 Å². The molecule has 4 heterocycles. The minimum absolute atomic E-state index is 0.547. The van der Waals surface area contributed by atoms with Crippen LogP contribution in [0.4, 0.5) is 0 Å². The molecular weight excluding hydrogens is 761 g/mol. The van der Waals surface area contributed by atoms with E-state index in [1.165, 1.54) is 0 Å². The second-order valence-electron chi connectivity index (χ2n) is 15.7. The molecule has 0 spiro atoms. The van der Waals surface area contributed by atoms with Gasteiger partial charge in [-0.2, -0.15) is 21.0 Å². The Balaban J connectivity index is 1.27. The smallest absolute Gasteiger partial charge is 0.0991 e. The average Bonchev–Trinajstić information content (AvgIpc) is 3.82. The lowest BCUT2D eigenvalue weighted by Crippen LogP contribution is -1.99. The van der Waals surface area contributed by atoms with Crippen molar-refractivity contribution in [2.75, 3.05) is 0 Å². The first kappa shape index (κ1) is 36.0. The maximum absolute atomic E-state index is 9.85. The summed E-state index contributed by atoms with van der Waals surface area (Å²) in [6.45, 7) is 4.07. The molecule has 0 aliphatic carbocycles. The van der Waals surface area contributed by atoms with Gasteiger partial charge in [0, 0.05) is 56.4 Å². The highest BCUT2D eigenvalue weighted by Gasteiger charge is 2.23. The van der Waals surface area contributed by atoms with Crippen molar-refractivity contribution >= 4 is 65.2 Å². The molecule has 11 rings (SSSR count). The molecule has 11 aromatic rings. The van der Waals surface area contributed by atoms with Gasteiger partial charge in [-0.25, -0.2) is 0 Å². The molecule has 0 bridgehead atoms. The number of benzene rings is 7. The fourth-order valence-electron chi connectivity index (χ4n) is 9.15. The van der Waals surface area contributed by atoms with Crippen molar-refractivity contribution in [1.82, 2.24) is 19.1 Å². The highest BCUT2D eigenvalue weighted by atomic mass is 15.0. The molecule has 8 nitrogen and oxygen atoms in total. The molecular formula is C54H30N8. The van der Waals surface area contributed by atoms with Crippen LogP contribution in [0.15, 0.2) is 146 Å². The average molecular weight is 791 g/mol. The summed E-state index contributed by atoms with van der Waals surface area (Å²) < 4.78 is 4.40. The second-order valence-corrected chi connectivity index (χ2v) is 15.7. The van der Waals surface area contributed by atoms with Gasteiger partial charge in [0.2, 0.25) is 0 Å². The zero-order valence-corrected chi connectivity index (χ0v) is 33.4. The minimum Gasteiger partial charge on any atom is -0.309 e. The van der Waals surface area contributed by atoms with E-state index in [1.54, 1.807) is 0 Å². The summed E-state index contributed by atoms with van der Waals surface area (Å²) >= 11 is 0. The van der Waals surface area contributed by atoms with Crippen LogP contribution in [-0.2, 0) is 0 Å². The van der Waals surface area contributed by atoms with Crippen molar-refractivity contribution in [3.8, 4) is 58.2 Å². The van der Waals surface area contributed by atoms with E-state index in [4.69, 9.17) is 9.97 Å². The normalized spacial score (nSPS) is 11.3.